The molecule has 4 aliphatic rings. The van der Waals surface area contributed by atoms with Gasteiger partial charge in [-0.05, 0) is 105 Å². The molecule has 4 aliphatic carbocycles. The van der Waals surface area contributed by atoms with Gasteiger partial charge in [0.05, 0.1) is 5.57 Å². The fourth-order valence-corrected chi connectivity index (χ4v) is 8.71. The summed E-state index contributed by atoms with van der Waals surface area (Å²) in [5.74, 6) is 0.540. The first-order chi connectivity index (χ1) is 16.0. The second-order valence-electron chi connectivity index (χ2n) is 12.2. The van der Waals surface area contributed by atoms with E-state index in [-0.39, 0.29) is 22.7 Å². The van der Waals surface area contributed by atoms with E-state index in [0.717, 1.165) is 43.3 Å². The molecule has 5 nitrogen and oxygen atoms in total. The Bertz CT molecular complexity index is 928. The van der Waals surface area contributed by atoms with Crippen molar-refractivity contribution in [1.82, 2.24) is 0 Å². The fraction of sp³-hybridized carbons (Fsp3) is 0.724. The second kappa shape index (κ2) is 9.29. The SMILES string of the molecule is CC(=O)O[C@H]1C[C@@]2(C)C(CC[C@@H]3C2CCC2[C@H](N)CCC[C@@]23C)/C1=C(\C=C\C=C(C)C)C(=O)O. The molecule has 5 heteroatoms. The molecule has 0 aromatic heterocycles. The van der Waals surface area contributed by atoms with Gasteiger partial charge in [0, 0.05) is 13.0 Å². The molecule has 4 fully saturated rings. The number of allylic oxidation sites excluding steroid dienone is 3. The summed E-state index contributed by atoms with van der Waals surface area (Å²) in [6.07, 6.45) is 13.6. The van der Waals surface area contributed by atoms with Crippen LogP contribution in [-0.2, 0) is 14.3 Å². The van der Waals surface area contributed by atoms with Crippen molar-refractivity contribution in [2.45, 2.75) is 98.1 Å². The van der Waals surface area contributed by atoms with Crippen molar-refractivity contribution in [1.29, 1.82) is 0 Å². The average molecular weight is 470 g/mol. The van der Waals surface area contributed by atoms with Crippen LogP contribution in [0.3, 0.4) is 0 Å². The Hall–Kier alpha value is -1.88. The van der Waals surface area contributed by atoms with Crippen LogP contribution in [0.4, 0.5) is 0 Å². The first kappa shape index (κ1) is 25.2. The highest BCUT2D eigenvalue weighted by atomic mass is 16.5. The highest BCUT2D eigenvalue weighted by molar-refractivity contribution is 5.91. The number of hydrogen-bond donors (Lipinski definition) is 2. The number of nitrogens with two attached hydrogens (primary N) is 1. The molecule has 0 spiro atoms. The van der Waals surface area contributed by atoms with E-state index in [1.54, 1.807) is 6.08 Å². The molecule has 4 rings (SSSR count). The summed E-state index contributed by atoms with van der Waals surface area (Å²) in [5, 5.41) is 10.2. The first-order valence-electron chi connectivity index (χ1n) is 13.2. The molecular formula is C29H43NO4. The molecular weight excluding hydrogens is 426 g/mol. The maximum Gasteiger partial charge on any atom is 0.335 e. The maximum atomic E-state index is 12.4. The van der Waals surface area contributed by atoms with Crippen molar-refractivity contribution in [2.24, 2.45) is 40.2 Å². The largest absolute Gasteiger partial charge is 0.478 e. The van der Waals surface area contributed by atoms with Gasteiger partial charge in [0.25, 0.3) is 0 Å². The molecule has 34 heavy (non-hydrogen) atoms. The van der Waals surface area contributed by atoms with Crippen LogP contribution < -0.4 is 5.73 Å². The van der Waals surface area contributed by atoms with Crippen molar-refractivity contribution in [3.63, 3.8) is 0 Å². The molecule has 0 aliphatic heterocycles. The van der Waals surface area contributed by atoms with Crippen molar-refractivity contribution < 1.29 is 19.4 Å². The Morgan fingerprint density at radius 3 is 2.29 bits per heavy atom. The lowest BCUT2D eigenvalue weighted by Crippen LogP contribution is -2.57. The van der Waals surface area contributed by atoms with E-state index in [9.17, 15) is 14.7 Å². The predicted octanol–water partition coefficient (Wildman–Crippen LogP) is 5.80. The first-order valence-corrected chi connectivity index (χ1v) is 13.2. The molecule has 0 amide bonds. The van der Waals surface area contributed by atoms with Crippen LogP contribution in [0.5, 0.6) is 0 Å². The van der Waals surface area contributed by atoms with E-state index in [1.807, 2.05) is 26.0 Å². The third-order valence-corrected chi connectivity index (χ3v) is 10.0. The number of carbonyl (C=O) groups is 2. The molecule has 0 bridgehead atoms. The Morgan fingerprint density at radius 1 is 1.00 bits per heavy atom. The lowest BCUT2D eigenvalue weighted by atomic mass is 9.43. The van der Waals surface area contributed by atoms with Gasteiger partial charge in [0.1, 0.15) is 6.10 Å². The van der Waals surface area contributed by atoms with Crippen molar-refractivity contribution >= 4 is 11.9 Å². The highest BCUT2D eigenvalue weighted by Gasteiger charge is 2.63. The zero-order valence-electron chi connectivity index (χ0n) is 21.6. The third-order valence-electron chi connectivity index (χ3n) is 10.0. The summed E-state index contributed by atoms with van der Waals surface area (Å²) >= 11 is 0. The summed E-state index contributed by atoms with van der Waals surface area (Å²) in [4.78, 5) is 24.5. The molecule has 188 valence electrons. The Kier molecular flexibility index (Phi) is 6.89. The van der Waals surface area contributed by atoms with E-state index in [1.165, 1.54) is 19.8 Å². The minimum absolute atomic E-state index is 0.0705. The van der Waals surface area contributed by atoms with Crippen molar-refractivity contribution in [2.75, 3.05) is 0 Å². The third kappa shape index (κ3) is 4.19. The summed E-state index contributed by atoms with van der Waals surface area (Å²) in [5.41, 5.74) is 9.06. The molecule has 0 aromatic carbocycles. The molecule has 3 unspecified atom stereocenters. The molecule has 8 atom stereocenters. The zero-order valence-corrected chi connectivity index (χ0v) is 21.6. The van der Waals surface area contributed by atoms with Gasteiger partial charge in [-0.2, -0.15) is 0 Å². The van der Waals surface area contributed by atoms with Crippen LogP contribution in [0.25, 0.3) is 0 Å². The van der Waals surface area contributed by atoms with Gasteiger partial charge in [0.2, 0.25) is 0 Å². The maximum absolute atomic E-state index is 12.4. The van der Waals surface area contributed by atoms with Crippen molar-refractivity contribution in [3.8, 4) is 0 Å². The van der Waals surface area contributed by atoms with Gasteiger partial charge in [-0.25, -0.2) is 4.79 Å². The lowest BCUT2D eigenvalue weighted by Gasteiger charge is -2.62. The van der Waals surface area contributed by atoms with E-state index in [2.05, 4.69) is 13.8 Å². The van der Waals surface area contributed by atoms with E-state index in [0.29, 0.717) is 35.8 Å². The molecule has 4 saturated carbocycles. The van der Waals surface area contributed by atoms with Gasteiger partial charge < -0.3 is 15.6 Å². The number of esters is 1. The van der Waals surface area contributed by atoms with E-state index in [4.69, 9.17) is 10.5 Å². The number of carboxylic acid groups (broad SMARTS) is 1. The molecule has 0 radical (unpaired) electrons. The molecule has 3 N–H and O–H groups in total. The van der Waals surface area contributed by atoms with Crippen LogP contribution in [0.1, 0.15) is 86.0 Å². The lowest BCUT2D eigenvalue weighted by molar-refractivity contribution is -0.146. The number of carbonyl (C=O) groups excluding carboxylic acids is 1. The van der Waals surface area contributed by atoms with E-state index >= 15 is 0 Å². The van der Waals surface area contributed by atoms with Gasteiger partial charge in [-0.15, -0.1) is 0 Å². The Balaban J connectivity index is 1.76. The van der Waals surface area contributed by atoms with Gasteiger partial charge in [-0.1, -0.05) is 38.0 Å². The number of fused-ring (bicyclic) bond motifs is 5. The Morgan fingerprint density at radius 2 is 1.65 bits per heavy atom. The summed E-state index contributed by atoms with van der Waals surface area (Å²) in [6, 6.07) is 0.303. The van der Waals surface area contributed by atoms with Gasteiger partial charge in [0.15, 0.2) is 0 Å². The minimum Gasteiger partial charge on any atom is -0.478 e. The van der Waals surface area contributed by atoms with Crippen molar-refractivity contribution in [3.05, 3.63) is 34.9 Å². The number of hydrogen-bond acceptors (Lipinski definition) is 4. The topological polar surface area (TPSA) is 89.6 Å². The Labute approximate surface area is 204 Å². The van der Waals surface area contributed by atoms with Crippen LogP contribution >= 0.6 is 0 Å². The van der Waals surface area contributed by atoms with Gasteiger partial charge in [-0.3, -0.25) is 4.79 Å². The zero-order chi connectivity index (χ0) is 24.8. The molecule has 0 saturated heterocycles. The normalized spacial score (nSPS) is 42.9. The average Bonchev–Trinajstić information content (AvgIpc) is 3.01. The van der Waals surface area contributed by atoms with Crippen LogP contribution in [0.15, 0.2) is 34.9 Å². The second-order valence-corrected chi connectivity index (χ2v) is 12.2. The number of carboxylic acids is 1. The summed E-state index contributed by atoms with van der Waals surface area (Å²) < 4.78 is 5.84. The minimum atomic E-state index is -0.939. The number of aliphatic carboxylic acids is 1. The quantitative estimate of drug-likeness (QED) is 0.308. The smallest absolute Gasteiger partial charge is 0.335 e. The molecule has 0 heterocycles. The number of rotatable bonds is 4. The van der Waals surface area contributed by atoms with Crippen LogP contribution in [0, 0.1) is 34.5 Å². The predicted molar refractivity (Wildman–Crippen MR) is 134 cm³/mol. The fourth-order valence-electron chi connectivity index (χ4n) is 8.71. The van der Waals surface area contributed by atoms with Crippen LogP contribution in [-0.4, -0.2) is 29.2 Å². The summed E-state index contributed by atoms with van der Waals surface area (Å²) in [6.45, 7) is 10.2. The van der Waals surface area contributed by atoms with E-state index < -0.39 is 12.1 Å². The molecule has 0 aromatic rings. The van der Waals surface area contributed by atoms with Crippen LogP contribution in [0.2, 0.25) is 0 Å². The van der Waals surface area contributed by atoms with Gasteiger partial charge >= 0.3 is 11.9 Å². The standard InChI is InChI=1S/C29H43NO4/c1-17(2)8-6-9-19(27(32)33)26-23-14-12-20-21(29(23,5)16-25(26)34-18(3)31)11-13-22-24(30)10-7-15-28(20,22)4/h6,8-9,20-25H,7,10-16,30H2,1-5H3,(H,32,33)/b9-6+,26-19-/t20-,21?,22?,23?,24-,25+,28-,29-/m1/s1. The number of ether oxygens (including phenoxy) is 1. The monoisotopic (exact) mass is 469 g/mol. The summed E-state index contributed by atoms with van der Waals surface area (Å²) in [7, 11) is 0. The highest BCUT2D eigenvalue weighted by Crippen LogP contribution is 2.68.